The first-order valence-corrected chi connectivity index (χ1v) is 8.88. The van der Waals surface area contributed by atoms with Crippen molar-refractivity contribution in [2.24, 2.45) is 0 Å². The molecule has 3 rings (SSSR count). The van der Waals surface area contributed by atoms with Gasteiger partial charge < -0.3 is 15.1 Å². The zero-order chi connectivity index (χ0) is 18.5. The number of carbonyl (C=O) groups excluding carboxylic acids is 1. The fourth-order valence-corrected chi connectivity index (χ4v) is 3.05. The monoisotopic (exact) mass is 379 g/mol. The smallest absolute Gasteiger partial charge is 0.317 e. The van der Waals surface area contributed by atoms with Gasteiger partial charge in [-0.25, -0.2) is 13.6 Å². The van der Waals surface area contributed by atoms with E-state index in [0.29, 0.717) is 43.4 Å². The zero-order valence-electron chi connectivity index (χ0n) is 14.2. The highest BCUT2D eigenvalue weighted by Crippen LogP contribution is 2.19. The second kappa shape index (κ2) is 8.36. The number of urea groups is 1. The van der Waals surface area contributed by atoms with Crippen LogP contribution in [0.5, 0.6) is 0 Å². The standard InChI is InChI=1S/C19H20ClF2N3O/c20-15-3-1-14(2-4-15)7-8-23-19(26)25-11-9-24(10-12-25)16-5-6-17(21)18(22)13-16/h1-6,13H,7-12H2,(H,23,26). The first kappa shape index (κ1) is 18.5. The van der Waals surface area contributed by atoms with Gasteiger partial charge in [0.1, 0.15) is 0 Å². The molecule has 0 bridgehead atoms. The summed E-state index contributed by atoms with van der Waals surface area (Å²) < 4.78 is 26.4. The lowest BCUT2D eigenvalue weighted by Gasteiger charge is -2.36. The molecular weight excluding hydrogens is 360 g/mol. The van der Waals surface area contributed by atoms with E-state index in [4.69, 9.17) is 11.6 Å². The van der Waals surface area contributed by atoms with Crippen LogP contribution in [0.2, 0.25) is 5.02 Å². The number of nitrogens with zero attached hydrogens (tertiary/aromatic N) is 2. The Morgan fingerprint density at radius 2 is 1.69 bits per heavy atom. The molecule has 0 atom stereocenters. The van der Waals surface area contributed by atoms with E-state index in [1.165, 1.54) is 6.07 Å². The molecule has 2 aromatic rings. The van der Waals surface area contributed by atoms with Gasteiger partial charge in [-0.05, 0) is 36.2 Å². The molecule has 0 radical (unpaired) electrons. The average Bonchev–Trinajstić information content (AvgIpc) is 2.65. The Morgan fingerprint density at radius 1 is 1.00 bits per heavy atom. The molecule has 4 nitrogen and oxygen atoms in total. The Balaban J connectivity index is 1.44. The fraction of sp³-hybridized carbons (Fsp3) is 0.316. The molecule has 1 heterocycles. The van der Waals surface area contributed by atoms with Crippen molar-refractivity contribution in [2.75, 3.05) is 37.6 Å². The maximum atomic E-state index is 13.4. The van der Waals surface area contributed by atoms with Gasteiger partial charge in [-0.2, -0.15) is 0 Å². The minimum atomic E-state index is -0.857. The second-order valence-corrected chi connectivity index (χ2v) is 6.62. The molecule has 0 aromatic heterocycles. The van der Waals surface area contributed by atoms with E-state index < -0.39 is 11.6 Å². The first-order valence-electron chi connectivity index (χ1n) is 8.50. The van der Waals surface area contributed by atoms with Crippen molar-refractivity contribution in [2.45, 2.75) is 6.42 Å². The predicted molar refractivity (Wildman–Crippen MR) is 98.7 cm³/mol. The molecule has 2 aromatic carbocycles. The van der Waals surface area contributed by atoms with Crippen molar-refractivity contribution in [1.82, 2.24) is 10.2 Å². The molecule has 0 spiro atoms. The van der Waals surface area contributed by atoms with Crippen LogP contribution in [0.1, 0.15) is 5.56 Å². The van der Waals surface area contributed by atoms with Crippen molar-refractivity contribution in [3.05, 3.63) is 64.7 Å². The normalized spacial score (nSPS) is 14.4. The van der Waals surface area contributed by atoms with E-state index in [1.807, 2.05) is 29.2 Å². The van der Waals surface area contributed by atoms with Crippen LogP contribution in [0, 0.1) is 11.6 Å². The molecule has 1 N–H and O–H groups in total. The molecule has 7 heteroatoms. The first-order chi connectivity index (χ1) is 12.5. The summed E-state index contributed by atoms with van der Waals surface area (Å²) in [6.07, 6.45) is 0.734. The fourth-order valence-electron chi connectivity index (χ4n) is 2.93. The number of halogens is 3. The summed E-state index contributed by atoms with van der Waals surface area (Å²) in [5.74, 6) is -1.71. The SMILES string of the molecule is O=C(NCCc1ccc(Cl)cc1)N1CCN(c2ccc(F)c(F)c2)CC1. The van der Waals surface area contributed by atoms with Crippen LogP contribution in [0.4, 0.5) is 19.3 Å². The van der Waals surface area contributed by atoms with Gasteiger partial charge in [0.05, 0.1) is 0 Å². The van der Waals surface area contributed by atoms with Gasteiger partial charge in [-0.3, -0.25) is 0 Å². The number of amides is 2. The van der Waals surface area contributed by atoms with Crippen molar-refractivity contribution in [3.8, 4) is 0 Å². The summed E-state index contributed by atoms with van der Waals surface area (Å²) in [5.41, 5.74) is 1.74. The third-order valence-electron chi connectivity index (χ3n) is 4.44. The zero-order valence-corrected chi connectivity index (χ0v) is 15.0. The van der Waals surface area contributed by atoms with Crippen molar-refractivity contribution < 1.29 is 13.6 Å². The lowest BCUT2D eigenvalue weighted by atomic mass is 10.1. The Kier molecular flexibility index (Phi) is 5.93. The molecular formula is C19H20ClF2N3O. The number of anilines is 1. The lowest BCUT2D eigenvalue weighted by Crippen LogP contribution is -2.52. The number of benzene rings is 2. The summed E-state index contributed by atoms with van der Waals surface area (Å²) in [5, 5.41) is 3.60. The summed E-state index contributed by atoms with van der Waals surface area (Å²) in [6, 6.07) is 11.3. The highest BCUT2D eigenvalue weighted by Gasteiger charge is 2.21. The highest BCUT2D eigenvalue weighted by atomic mass is 35.5. The van der Waals surface area contributed by atoms with E-state index in [9.17, 15) is 13.6 Å². The Hall–Kier alpha value is -2.34. The number of piperazine rings is 1. The topological polar surface area (TPSA) is 35.6 Å². The largest absolute Gasteiger partial charge is 0.368 e. The molecule has 0 unspecified atom stereocenters. The molecule has 1 aliphatic rings. The van der Waals surface area contributed by atoms with Gasteiger partial charge in [-0.15, -0.1) is 0 Å². The summed E-state index contributed by atoms with van der Waals surface area (Å²) in [4.78, 5) is 15.9. The van der Waals surface area contributed by atoms with E-state index in [1.54, 1.807) is 11.0 Å². The lowest BCUT2D eigenvalue weighted by molar-refractivity contribution is 0.194. The molecule has 26 heavy (non-hydrogen) atoms. The van der Waals surface area contributed by atoms with Gasteiger partial charge in [0.2, 0.25) is 0 Å². The van der Waals surface area contributed by atoms with Crippen LogP contribution < -0.4 is 10.2 Å². The van der Waals surface area contributed by atoms with Crippen molar-refractivity contribution in [1.29, 1.82) is 0 Å². The minimum absolute atomic E-state index is 0.107. The van der Waals surface area contributed by atoms with E-state index in [2.05, 4.69) is 5.32 Å². The van der Waals surface area contributed by atoms with Gasteiger partial charge in [0.15, 0.2) is 11.6 Å². The molecule has 2 amide bonds. The third-order valence-corrected chi connectivity index (χ3v) is 4.69. The van der Waals surface area contributed by atoms with Crippen LogP contribution in [-0.4, -0.2) is 43.7 Å². The van der Waals surface area contributed by atoms with Gasteiger partial charge >= 0.3 is 6.03 Å². The van der Waals surface area contributed by atoms with Gasteiger partial charge in [-0.1, -0.05) is 23.7 Å². The molecule has 0 aliphatic carbocycles. The highest BCUT2D eigenvalue weighted by molar-refractivity contribution is 6.30. The molecule has 1 aliphatic heterocycles. The maximum absolute atomic E-state index is 13.4. The minimum Gasteiger partial charge on any atom is -0.368 e. The molecule has 138 valence electrons. The molecule has 0 saturated carbocycles. The van der Waals surface area contributed by atoms with Gasteiger partial charge in [0.25, 0.3) is 0 Å². The summed E-state index contributed by atoms with van der Waals surface area (Å²) in [6.45, 7) is 2.77. The second-order valence-electron chi connectivity index (χ2n) is 6.18. The predicted octanol–water partition coefficient (Wildman–Crippen LogP) is 3.69. The number of nitrogens with one attached hydrogen (secondary N) is 1. The van der Waals surface area contributed by atoms with Crippen LogP contribution >= 0.6 is 11.6 Å². The van der Waals surface area contributed by atoms with E-state index in [-0.39, 0.29) is 6.03 Å². The van der Waals surface area contributed by atoms with Crippen LogP contribution in [0.15, 0.2) is 42.5 Å². The van der Waals surface area contributed by atoms with E-state index >= 15 is 0 Å². The Labute approximate surface area is 156 Å². The van der Waals surface area contributed by atoms with Crippen LogP contribution in [-0.2, 0) is 6.42 Å². The van der Waals surface area contributed by atoms with Crippen molar-refractivity contribution >= 4 is 23.3 Å². The molecule has 1 saturated heterocycles. The quantitative estimate of drug-likeness (QED) is 0.879. The van der Waals surface area contributed by atoms with Gasteiger partial charge in [0, 0.05) is 49.5 Å². The van der Waals surface area contributed by atoms with Crippen LogP contribution in [0.25, 0.3) is 0 Å². The number of carbonyl (C=O) groups is 1. The van der Waals surface area contributed by atoms with E-state index in [0.717, 1.165) is 18.1 Å². The van der Waals surface area contributed by atoms with Crippen molar-refractivity contribution in [3.63, 3.8) is 0 Å². The summed E-state index contributed by atoms with van der Waals surface area (Å²) >= 11 is 5.85. The number of hydrogen-bond acceptors (Lipinski definition) is 2. The maximum Gasteiger partial charge on any atom is 0.317 e. The average molecular weight is 380 g/mol. The third kappa shape index (κ3) is 4.64. The Bertz CT molecular complexity index is 762. The Morgan fingerprint density at radius 3 is 2.35 bits per heavy atom. The van der Waals surface area contributed by atoms with Crippen LogP contribution in [0.3, 0.4) is 0 Å². The summed E-state index contributed by atoms with van der Waals surface area (Å²) in [7, 11) is 0. The number of hydrogen-bond donors (Lipinski definition) is 1. The number of rotatable bonds is 4. The molecule has 1 fully saturated rings.